The van der Waals surface area contributed by atoms with E-state index >= 15 is 0 Å². The Hall–Kier alpha value is -7.10. The third kappa shape index (κ3) is 8.06. The van der Waals surface area contributed by atoms with Gasteiger partial charge >= 0.3 is 0 Å². The van der Waals surface area contributed by atoms with E-state index in [1.165, 1.54) is 0 Å². The van der Waals surface area contributed by atoms with Crippen LogP contribution in [0.5, 0.6) is 23.0 Å². The number of hydrogen-bond donors (Lipinski definition) is 0. The molecule has 0 saturated heterocycles. The van der Waals surface area contributed by atoms with Gasteiger partial charge in [0.1, 0.15) is 23.0 Å². The second-order valence-electron chi connectivity index (χ2n) is 11.0. The highest BCUT2D eigenvalue weighted by Crippen LogP contribution is 2.32. The van der Waals surface area contributed by atoms with Crippen LogP contribution in [-0.4, -0.2) is 24.1 Å². The normalized spacial score (nSPS) is 10.5. The Kier molecular flexibility index (Phi) is 10.3. The zero-order valence-electron chi connectivity index (χ0n) is 26.6. The van der Waals surface area contributed by atoms with Gasteiger partial charge in [0.2, 0.25) is 11.6 Å². The fraction of sp³-hybridized carbons (Fsp3) is 0. The molecule has 50 heavy (non-hydrogen) atoms. The number of allylic oxidation sites excluding steroid dienone is 1. The van der Waals surface area contributed by atoms with Crippen molar-refractivity contribution in [3.63, 3.8) is 0 Å². The smallest absolute Gasteiger partial charge is 0.229 e. The first-order chi connectivity index (χ1) is 24.5. The molecule has 6 aromatic carbocycles. The molecular weight excluding hydrogens is 624 g/mol. The summed E-state index contributed by atoms with van der Waals surface area (Å²) in [5.41, 5.74) is 5.26. The van der Waals surface area contributed by atoms with Gasteiger partial charge in [-0.25, -0.2) is 0 Å². The van der Waals surface area contributed by atoms with Gasteiger partial charge in [0.25, 0.3) is 0 Å². The molecule has 6 aromatic rings. The SMILES string of the molecule is O=CC(=O)c1cc(-c2ccccc2)ccc1Oc1cccc(C#CC=Cc2cccc(Oc3ccc(-c4ccccc4)cc3C(=O)C=O)c2)c1. The Morgan fingerprint density at radius 3 is 1.56 bits per heavy atom. The average Bonchev–Trinajstić information content (AvgIpc) is 3.17. The molecule has 0 unspecified atom stereocenters. The summed E-state index contributed by atoms with van der Waals surface area (Å²) in [6.07, 6.45) is 4.08. The minimum Gasteiger partial charge on any atom is -0.457 e. The zero-order chi connectivity index (χ0) is 34.7. The third-order valence-corrected chi connectivity index (χ3v) is 7.64. The van der Waals surface area contributed by atoms with Crippen molar-refractivity contribution in [2.75, 3.05) is 0 Å². The average molecular weight is 653 g/mol. The van der Waals surface area contributed by atoms with E-state index in [4.69, 9.17) is 9.47 Å². The van der Waals surface area contributed by atoms with Gasteiger partial charge in [-0.3, -0.25) is 19.2 Å². The summed E-state index contributed by atoms with van der Waals surface area (Å²) in [7, 11) is 0. The van der Waals surface area contributed by atoms with Crippen LogP contribution in [0.25, 0.3) is 28.3 Å². The van der Waals surface area contributed by atoms with E-state index in [1.54, 1.807) is 60.7 Å². The Labute approximate surface area is 289 Å². The number of benzene rings is 6. The lowest BCUT2D eigenvalue weighted by Crippen LogP contribution is -2.03. The van der Waals surface area contributed by atoms with E-state index in [0.717, 1.165) is 27.8 Å². The number of ketones is 2. The van der Waals surface area contributed by atoms with Crippen molar-refractivity contribution < 1.29 is 28.7 Å². The van der Waals surface area contributed by atoms with Gasteiger partial charge < -0.3 is 9.47 Å². The van der Waals surface area contributed by atoms with Crippen LogP contribution in [0.4, 0.5) is 0 Å². The van der Waals surface area contributed by atoms with Crippen molar-refractivity contribution in [2.45, 2.75) is 0 Å². The minimum atomic E-state index is -0.677. The molecule has 0 aliphatic heterocycles. The van der Waals surface area contributed by atoms with Crippen LogP contribution in [0.1, 0.15) is 31.8 Å². The third-order valence-electron chi connectivity index (χ3n) is 7.64. The maximum absolute atomic E-state index is 12.5. The van der Waals surface area contributed by atoms with Gasteiger partial charge in [-0.2, -0.15) is 0 Å². The standard InChI is InChI=1S/C44H28O6/c45-29-41(47)39-27-35(33-15-3-1-4-16-33)21-23-43(39)49-37-19-9-13-31(25-37)11-7-8-12-32-14-10-20-38(26-32)50-44-24-22-36(28-40(44)42(48)30-46)34-17-5-2-6-18-34/h1-7,9-11,13-30H. The first kappa shape index (κ1) is 32.8. The van der Waals surface area contributed by atoms with Crippen molar-refractivity contribution in [3.05, 3.63) is 174 Å². The van der Waals surface area contributed by atoms with Crippen LogP contribution < -0.4 is 9.47 Å². The molecule has 0 spiro atoms. The Morgan fingerprint density at radius 1 is 0.500 bits per heavy atom. The van der Waals surface area contributed by atoms with Crippen molar-refractivity contribution in [2.24, 2.45) is 0 Å². The number of Topliss-reactive ketones (excluding diaryl/α,β-unsaturated/α-hetero) is 2. The molecule has 0 aromatic heterocycles. The van der Waals surface area contributed by atoms with Gasteiger partial charge in [-0.05, 0) is 94.6 Å². The maximum atomic E-state index is 12.5. The highest BCUT2D eigenvalue weighted by molar-refractivity contribution is 6.34. The van der Waals surface area contributed by atoms with E-state index < -0.39 is 11.6 Å². The highest BCUT2D eigenvalue weighted by Gasteiger charge is 2.16. The quantitative estimate of drug-likeness (QED) is 0.0600. The monoisotopic (exact) mass is 652 g/mol. The highest BCUT2D eigenvalue weighted by atomic mass is 16.5. The number of hydrogen-bond acceptors (Lipinski definition) is 6. The summed E-state index contributed by atoms with van der Waals surface area (Å²) < 4.78 is 12.1. The molecule has 6 heteroatoms. The molecule has 0 bridgehead atoms. The van der Waals surface area contributed by atoms with Gasteiger partial charge in [-0.1, -0.05) is 103 Å². The molecule has 0 saturated carbocycles. The molecule has 6 rings (SSSR count). The fourth-order valence-electron chi connectivity index (χ4n) is 5.21. The van der Waals surface area contributed by atoms with Crippen molar-refractivity contribution in [1.29, 1.82) is 0 Å². The molecule has 0 fully saturated rings. The molecule has 0 aliphatic carbocycles. The molecule has 0 amide bonds. The summed E-state index contributed by atoms with van der Waals surface area (Å²) >= 11 is 0. The number of rotatable bonds is 11. The van der Waals surface area contributed by atoms with Crippen molar-refractivity contribution in [1.82, 2.24) is 0 Å². The van der Waals surface area contributed by atoms with Crippen LogP contribution in [0.2, 0.25) is 0 Å². The molecule has 0 atom stereocenters. The molecule has 240 valence electrons. The van der Waals surface area contributed by atoms with Crippen LogP contribution >= 0.6 is 0 Å². The van der Waals surface area contributed by atoms with Crippen LogP contribution in [0, 0.1) is 11.8 Å². The molecule has 0 aliphatic rings. The number of ether oxygens (including phenoxy) is 2. The number of carbonyl (C=O) groups excluding carboxylic acids is 4. The van der Waals surface area contributed by atoms with E-state index in [9.17, 15) is 19.2 Å². The summed E-state index contributed by atoms with van der Waals surface area (Å²) in [4.78, 5) is 47.8. The summed E-state index contributed by atoms with van der Waals surface area (Å²) in [6.45, 7) is 0. The van der Waals surface area contributed by atoms with E-state index in [0.29, 0.717) is 17.1 Å². The first-order valence-corrected chi connectivity index (χ1v) is 15.6. The van der Waals surface area contributed by atoms with E-state index in [1.807, 2.05) is 97.1 Å². The lowest BCUT2D eigenvalue weighted by atomic mass is 10.0. The van der Waals surface area contributed by atoms with Gasteiger partial charge in [-0.15, -0.1) is 0 Å². The van der Waals surface area contributed by atoms with E-state index in [-0.39, 0.29) is 35.2 Å². The predicted molar refractivity (Wildman–Crippen MR) is 193 cm³/mol. The molecule has 6 nitrogen and oxygen atoms in total. The van der Waals surface area contributed by atoms with E-state index in [2.05, 4.69) is 11.8 Å². The summed E-state index contributed by atoms with van der Waals surface area (Å²) in [5, 5.41) is 0. The lowest BCUT2D eigenvalue weighted by Gasteiger charge is -2.12. The fourth-order valence-corrected chi connectivity index (χ4v) is 5.21. The Balaban J connectivity index is 1.16. The summed E-state index contributed by atoms with van der Waals surface area (Å²) in [6, 6.07) is 43.9. The molecule has 0 radical (unpaired) electrons. The topological polar surface area (TPSA) is 86.7 Å². The molecular formula is C44H28O6. The number of aldehydes is 2. The van der Waals surface area contributed by atoms with Gasteiger partial charge in [0, 0.05) is 5.56 Å². The Bertz CT molecular complexity index is 2290. The molecule has 0 heterocycles. The minimum absolute atomic E-state index is 0.169. The summed E-state index contributed by atoms with van der Waals surface area (Å²) in [5.74, 6) is 6.24. The lowest BCUT2D eigenvalue weighted by molar-refractivity contribution is -0.105. The van der Waals surface area contributed by atoms with Crippen LogP contribution in [-0.2, 0) is 9.59 Å². The first-order valence-electron chi connectivity index (χ1n) is 15.6. The van der Waals surface area contributed by atoms with Crippen molar-refractivity contribution >= 4 is 30.2 Å². The molecule has 0 N–H and O–H groups in total. The second kappa shape index (κ2) is 15.7. The number of carbonyl (C=O) groups is 4. The van der Waals surface area contributed by atoms with Gasteiger partial charge in [0.15, 0.2) is 12.6 Å². The largest absolute Gasteiger partial charge is 0.457 e. The second-order valence-corrected chi connectivity index (χ2v) is 11.0. The maximum Gasteiger partial charge on any atom is 0.229 e. The zero-order valence-corrected chi connectivity index (χ0v) is 26.6. The van der Waals surface area contributed by atoms with Crippen molar-refractivity contribution in [3.8, 4) is 57.1 Å². The van der Waals surface area contributed by atoms with Gasteiger partial charge in [0.05, 0.1) is 11.1 Å². The predicted octanol–water partition coefficient (Wildman–Crippen LogP) is 9.43. The van der Waals surface area contributed by atoms with Crippen LogP contribution in [0.15, 0.2) is 152 Å². The Morgan fingerprint density at radius 2 is 1.02 bits per heavy atom. The van der Waals surface area contributed by atoms with Crippen LogP contribution in [0.3, 0.4) is 0 Å².